The lowest BCUT2D eigenvalue weighted by Crippen LogP contribution is -2.59. The Balaban J connectivity index is 2.20. The van der Waals surface area contributed by atoms with Gasteiger partial charge in [-0.3, -0.25) is 28.8 Å². The van der Waals surface area contributed by atoms with Crippen molar-refractivity contribution in [3.63, 3.8) is 0 Å². The second-order valence-corrected chi connectivity index (χ2v) is 8.98. The highest BCUT2D eigenvalue weighted by Crippen LogP contribution is 2.04. The van der Waals surface area contributed by atoms with E-state index >= 15 is 0 Å². The molecule has 5 amide bonds. The molecule has 0 saturated carbocycles. The first-order valence-corrected chi connectivity index (χ1v) is 12.3. The van der Waals surface area contributed by atoms with E-state index in [9.17, 15) is 28.8 Å². The van der Waals surface area contributed by atoms with Crippen molar-refractivity contribution in [2.45, 2.75) is 63.8 Å². The van der Waals surface area contributed by atoms with E-state index in [0.29, 0.717) is 11.4 Å². The van der Waals surface area contributed by atoms with Gasteiger partial charge in [0.2, 0.25) is 29.5 Å². The Morgan fingerprint density at radius 3 is 1.60 bits per heavy atom. The molecule has 0 bridgehead atoms. The highest BCUT2D eigenvalue weighted by molar-refractivity contribution is 5.96. The van der Waals surface area contributed by atoms with Crippen LogP contribution in [0.3, 0.4) is 0 Å². The summed E-state index contributed by atoms with van der Waals surface area (Å²) < 4.78 is 0. The number of imidazole rings is 2. The summed E-state index contributed by atoms with van der Waals surface area (Å²) in [7, 11) is 0. The van der Waals surface area contributed by atoms with Gasteiger partial charge in [-0.2, -0.15) is 0 Å². The van der Waals surface area contributed by atoms with Gasteiger partial charge < -0.3 is 47.4 Å². The molecule has 17 heteroatoms. The molecule has 2 rings (SSSR count). The molecule has 0 aliphatic rings. The van der Waals surface area contributed by atoms with E-state index in [4.69, 9.17) is 10.8 Å². The Hall–Kier alpha value is -4.80. The van der Waals surface area contributed by atoms with Crippen molar-refractivity contribution < 1.29 is 33.9 Å². The van der Waals surface area contributed by atoms with Crippen molar-refractivity contribution in [1.29, 1.82) is 0 Å². The van der Waals surface area contributed by atoms with E-state index in [0.717, 1.165) is 0 Å². The number of aliphatic carboxylic acids is 1. The highest BCUT2D eigenvalue weighted by Gasteiger charge is 2.31. The summed E-state index contributed by atoms with van der Waals surface area (Å²) in [4.78, 5) is 87.6. The normalized spacial score (nSPS) is 14.5. The topological polar surface area (TPSA) is 266 Å². The molecule has 0 aliphatic heterocycles. The standard InChI is InChI=1S/C23H34N10O7/c1-11(29-18(34)6-24)20(36)32-17(5-15-8-26-10-28-15)22(38)33-16(4-14-7-25-9-27-14)21(37)30-12(2)19(35)31-13(3)23(39)40/h7-13,16-17H,4-6,24H2,1-3H3,(H,25,27)(H,26,28)(H,29,34)(H,30,37)(H,31,35)(H,32,36)(H,33,38)(H,39,40)/t11-,12-,13-,16-,17-/m0/s1. The molecule has 0 aromatic carbocycles. The number of H-pyrrole nitrogens is 2. The number of carbonyl (C=O) groups is 6. The Morgan fingerprint density at radius 1 is 0.725 bits per heavy atom. The van der Waals surface area contributed by atoms with Gasteiger partial charge in [-0.15, -0.1) is 0 Å². The van der Waals surface area contributed by atoms with Crippen LogP contribution in [0.25, 0.3) is 0 Å². The van der Waals surface area contributed by atoms with Gasteiger partial charge in [-0.1, -0.05) is 0 Å². The minimum Gasteiger partial charge on any atom is -0.480 e. The molecule has 0 saturated heterocycles. The van der Waals surface area contributed by atoms with Crippen molar-refractivity contribution in [1.82, 2.24) is 46.5 Å². The Kier molecular flexibility index (Phi) is 11.7. The maximum Gasteiger partial charge on any atom is 0.325 e. The second kappa shape index (κ2) is 15.0. The summed E-state index contributed by atoms with van der Waals surface area (Å²) >= 11 is 0. The van der Waals surface area contributed by atoms with Gasteiger partial charge >= 0.3 is 5.97 Å². The summed E-state index contributed by atoms with van der Waals surface area (Å²) in [6.07, 6.45) is 5.60. The second-order valence-electron chi connectivity index (χ2n) is 8.98. The van der Waals surface area contributed by atoms with Crippen LogP contribution < -0.4 is 32.3 Å². The molecule has 0 fully saturated rings. The predicted molar refractivity (Wildman–Crippen MR) is 138 cm³/mol. The van der Waals surface area contributed by atoms with E-state index in [1.165, 1.54) is 45.8 Å². The van der Waals surface area contributed by atoms with Crippen molar-refractivity contribution >= 4 is 35.5 Å². The average molecular weight is 563 g/mol. The van der Waals surface area contributed by atoms with Crippen LogP contribution in [-0.2, 0) is 41.6 Å². The van der Waals surface area contributed by atoms with Crippen LogP contribution in [0.2, 0.25) is 0 Å². The molecule has 5 atom stereocenters. The average Bonchev–Trinajstić information content (AvgIpc) is 3.61. The summed E-state index contributed by atoms with van der Waals surface area (Å²) in [5.74, 6) is -4.72. The molecule has 0 aliphatic carbocycles. The molecule has 0 spiro atoms. The van der Waals surface area contributed by atoms with Crippen molar-refractivity contribution in [2.24, 2.45) is 5.73 Å². The fraction of sp³-hybridized carbons (Fsp3) is 0.478. The lowest BCUT2D eigenvalue weighted by atomic mass is 10.1. The Labute approximate surface area is 228 Å². The smallest absolute Gasteiger partial charge is 0.325 e. The van der Waals surface area contributed by atoms with E-state index < -0.39 is 65.7 Å². The lowest BCUT2D eigenvalue weighted by Gasteiger charge is -2.25. The van der Waals surface area contributed by atoms with Crippen LogP contribution >= 0.6 is 0 Å². The van der Waals surface area contributed by atoms with Crippen molar-refractivity contribution in [3.8, 4) is 0 Å². The zero-order valence-corrected chi connectivity index (χ0v) is 22.2. The van der Waals surface area contributed by atoms with E-state index in [2.05, 4.69) is 46.5 Å². The maximum absolute atomic E-state index is 13.4. The Bertz CT molecular complexity index is 1170. The van der Waals surface area contributed by atoms with E-state index in [1.807, 2.05) is 0 Å². The van der Waals surface area contributed by atoms with Crippen molar-refractivity contribution in [3.05, 3.63) is 36.4 Å². The number of hydrogen-bond donors (Lipinski definition) is 9. The first kappa shape index (κ1) is 31.4. The fourth-order valence-electron chi connectivity index (χ4n) is 3.37. The number of nitrogens with two attached hydrogens (primary N) is 1. The third-order valence-electron chi connectivity index (χ3n) is 5.66. The molecule has 218 valence electrons. The van der Waals surface area contributed by atoms with Crippen LogP contribution in [0.4, 0.5) is 0 Å². The summed E-state index contributed by atoms with van der Waals surface area (Å²) in [6.45, 7) is 3.72. The van der Waals surface area contributed by atoms with E-state index in [1.54, 1.807) is 0 Å². The molecular formula is C23H34N10O7. The summed E-state index contributed by atoms with van der Waals surface area (Å²) in [5, 5.41) is 21.2. The van der Waals surface area contributed by atoms with Crippen LogP contribution in [-0.4, -0.2) is 97.3 Å². The monoisotopic (exact) mass is 562 g/mol. The van der Waals surface area contributed by atoms with Crippen LogP contribution in [0.5, 0.6) is 0 Å². The highest BCUT2D eigenvalue weighted by atomic mass is 16.4. The van der Waals surface area contributed by atoms with Crippen LogP contribution in [0.15, 0.2) is 25.0 Å². The maximum atomic E-state index is 13.4. The molecule has 0 unspecified atom stereocenters. The predicted octanol–water partition coefficient (Wildman–Crippen LogP) is -3.55. The zero-order valence-electron chi connectivity index (χ0n) is 22.2. The molecule has 2 heterocycles. The fourth-order valence-corrected chi connectivity index (χ4v) is 3.37. The summed E-state index contributed by atoms with van der Waals surface area (Å²) in [5.41, 5.74) is 6.27. The van der Waals surface area contributed by atoms with Gasteiger partial charge in [-0.05, 0) is 20.8 Å². The van der Waals surface area contributed by atoms with Gasteiger partial charge in [0, 0.05) is 36.6 Å². The number of hydrogen-bond acceptors (Lipinski definition) is 9. The largest absolute Gasteiger partial charge is 0.480 e. The van der Waals surface area contributed by atoms with Gasteiger partial charge in [0.1, 0.15) is 30.2 Å². The van der Waals surface area contributed by atoms with E-state index in [-0.39, 0.29) is 19.4 Å². The number of rotatable bonds is 15. The van der Waals surface area contributed by atoms with Gasteiger partial charge in [0.25, 0.3) is 0 Å². The molecule has 10 N–H and O–H groups in total. The first-order chi connectivity index (χ1) is 18.9. The number of nitrogens with one attached hydrogen (secondary N) is 7. The number of carboxylic acid groups (broad SMARTS) is 1. The van der Waals surface area contributed by atoms with Crippen molar-refractivity contribution in [2.75, 3.05) is 6.54 Å². The third kappa shape index (κ3) is 9.82. The quantitative estimate of drug-likeness (QED) is 0.103. The van der Waals surface area contributed by atoms with Crippen LogP contribution in [0.1, 0.15) is 32.2 Å². The third-order valence-corrected chi connectivity index (χ3v) is 5.66. The number of carbonyl (C=O) groups excluding carboxylic acids is 5. The van der Waals surface area contributed by atoms with Gasteiger partial charge in [0.05, 0.1) is 19.2 Å². The number of nitrogens with zero attached hydrogens (tertiary/aromatic N) is 2. The minimum absolute atomic E-state index is 0.0284. The molecule has 17 nitrogen and oxygen atoms in total. The zero-order chi connectivity index (χ0) is 29.8. The molecule has 2 aromatic heterocycles. The summed E-state index contributed by atoms with van der Waals surface area (Å²) in [6, 6.07) is -5.75. The molecule has 40 heavy (non-hydrogen) atoms. The number of carboxylic acids is 1. The Morgan fingerprint density at radius 2 is 1.15 bits per heavy atom. The molecule has 0 radical (unpaired) electrons. The molecule has 2 aromatic rings. The first-order valence-electron chi connectivity index (χ1n) is 12.3. The number of aromatic nitrogens is 4. The number of amides is 5. The van der Waals surface area contributed by atoms with Gasteiger partial charge in [-0.25, -0.2) is 9.97 Å². The minimum atomic E-state index is -1.25. The lowest BCUT2D eigenvalue weighted by molar-refractivity contribution is -0.141. The molecular weight excluding hydrogens is 528 g/mol. The SMILES string of the molecule is C[C@H](NC(=O)[C@H](C)NC(=O)[C@H](Cc1cnc[nH]1)NC(=O)[C@H](Cc1cnc[nH]1)NC(=O)[C@H](C)NC(=O)CN)C(=O)O. The van der Waals surface area contributed by atoms with Gasteiger partial charge in [0.15, 0.2) is 0 Å². The van der Waals surface area contributed by atoms with Crippen LogP contribution in [0, 0.1) is 0 Å². The number of aromatic amines is 2.